The maximum absolute atomic E-state index is 11.5. The molecule has 0 bridgehead atoms. The summed E-state index contributed by atoms with van der Waals surface area (Å²) >= 11 is 1.28. The normalized spacial score (nSPS) is 10.7. The standard InChI is InChI=1S/C12H10N2O4S/c15-8-4-3-7(10(16)11(8)17)6-13-14-12(18)9-2-1-5-19-9/h1-6,15-17H,(H,14,18). The molecule has 0 fully saturated rings. The van der Waals surface area contributed by atoms with Crippen molar-refractivity contribution in [1.82, 2.24) is 5.43 Å². The number of aromatic hydroxyl groups is 3. The van der Waals surface area contributed by atoms with E-state index >= 15 is 0 Å². The van der Waals surface area contributed by atoms with E-state index in [1.54, 1.807) is 17.5 Å². The number of phenols is 3. The first-order valence-corrected chi connectivity index (χ1v) is 6.08. The van der Waals surface area contributed by atoms with Crippen LogP contribution in [0.3, 0.4) is 0 Å². The maximum Gasteiger partial charge on any atom is 0.281 e. The highest BCUT2D eigenvalue weighted by Gasteiger charge is 2.09. The van der Waals surface area contributed by atoms with Crippen molar-refractivity contribution < 1.29 is 20.1 Å². The van der Waals surface area contributed by atoms with Crippen LogP contribution in [0.25, 0.3) is 0 Å². The molecule has 1 heterocycles. The summed E-state index contributed by atoms with van der Waals surface area (Å²) in [6.07, 6.45) is 1.17. The predicted molar refractivity (Wildman–Crippen MR) is 70.8 cm³/mol. The zero-order chi connectivity index (χ0) is 13.8. The second-order valence-electron chi connectivity index (χ2n) is 3.55. The van der Waals surface area contributed by atoms with Gasteiger partial charge in [0.2, 0.25) is 5.75 Å². The summed E-state index contributed by atoms with van der Waals surface area (Å²) in [5, 5.41) is 33.4. The lowest BCUT2D eigenvalue weighted by Crippen LogP contribution is -2.16. The molecule has 1 aromatic heterocycles. The lowest BCUT2D eigenvalue weighted by atomic mass is 10.2. The second-order valence-corrected chi connectivity index (χ2v) is 4.50. The fourth-order valence-corrected chi connectivity index (χ4v) is 1.93. The van der Waals surface area contributed by atoms with Crippen molar-refractivity contribution in [2.24, 2.45) is 5.10 Å². The van der Waals surface area contributed by atoms with Gasteiger partial charge >= 0.3 is 0 Å². The molecule has 0 atom stereocenters. The minimum atomic E-state index is -0.631. The van der Waals surface area contributed by atoms with Crippen molar-refractivity contribution in [2.45, 2.75) is 0 Å². The van der Waals surface area contributed by atoms with Gasteiger partial charge in [0.25, 0.3) is 5.91 Å². The molecule has 7 heteroatoms. The molecule has 0 spiro atoms. The number of hydrogen-bond acceptors (Lipinski definition) is 6. The molecule has 0 saturated carbocycles. The molecule has 1 amide bonds. The topological polar surface area (TPSA) is 102 Å². The quantitative estimate of drug-likeness (QED) is 0.389. The molecular weight excluding hydrogens is 268 g/mol. The fraction of sp³-hybridized carbons (Fsp3) is 0. The number of phenolic OH excluding ortho intramolecular Hbond substituents is 3. The summed E-state index contributed by atoms with van der Waals surface area (Å²) in [6, 6.07) is 5.95. The molecule has 0 saturated heterocycles. The molecule has 4 N–H and O–H groups in total. The Morgan fingerprint density at radius 1 is 1.21 bits per heavy atom. The Bertz CT molecular complexity index is 623. The van der Waals surface area contributed by atoms with Crippen LogP contribution in [0.15, 0.2) is 34.7 Å². The molecule has 2 aromatic rings. The highest BCUT2D eigenvalue weighted by molar-refractivity contribution is 7.12. The van der Waals surface area contributed by atoms with Gasteiger partial charge in [-0.1, -0.05) is 6.07 Å². The van der Waals surface area contributed by atoms with Gasteiger partial charge in [-0.15, -0.1) is 11.3 Å². The van der Waals surface area contributed by atoms with E-state index in [1.165, 1.54) is 29.7 Å². The van der Waals surface area contributed by atoms with Gasteiger partial charge in [0.15, 0.2) is 11.5 Å². The van der Waals surface area contributed by atoms with Crippen LogP contribution < -0.4 is 5.43 Å². The highest BCUT2D eigenvalue weighted by Crippen LogP contribution is 2.36. The summed E-state index contributed by atoms with van der Waals surface area (Å²) < 4.78 is 0. The van der Waals surface area contributed by atoms with E-state index in [-0.39, 0.29) is 11.5 Å². The third-order valence-corrected chi connectivity index (χ3v) is 3.14. The monoisotopic (exact) mass is 278 g/mol. The van der Waals surface area contributed by atoms with E-state index in [2.05, 4.69) is 10.5 Å². The van der Waals surface area contributed by atoms with E-state index in [9.17, 15) is 15.0 Å². The number of hydrogen-bond donors (Lipinski definition) is 4. The average molecular weight is 278 g/mol. The minimum absolute atomic E-state index is 0.168. The molecule has 0 unspecified atom stereocenters. The third kappa shape index (κ3) is 2.83. The molecule has 0 radical (unpaired) electrons. The first-order valence-electron chi connectivity index (χ1n) is 5.20. The first kappa shape index (κ1) is 12.9. The molecule has 0 aliphatic heterocycles. The van der Waals surface area contributed by atoms with Crippen LogP contribution >= 0.6 is 11.3 Å². The molecule has 2 rings (SSSR count). The smallest absolute Gasteiger partial charge is 0.281 e. The van der Waals surface area contributed by atoms with Gasteiger partial charge in [-0.3, -0.25) is 4.79 Å². The van der Waals surface area contributed by atoms with E-state index < -0.39 is 17.2 Å². The molecule has 98 valence electrons. The molecule has 1 aromatic carbocycles. The van der Waals surface area contributed by atoms with Gasteiger partial charge in [-0.2, -0.15) is 5.10 Å². The van der Waals surface area contributed by atoms with Crippen LogP contribution in [0.4, 0.5) is 0 Å². The van der Waals surface area contributed by atoms with E-state index in [4.69, 9.17) is 5.11 Å². The number of nitrogens with zero attached hydrogens (tertiary/aromatic N) is 1. The predicted octanol–water partition coefficient (Wildman–Crippen LogP) is 1.63. The lowest BCUT2D eigenvalue weighted by molar-refractivity contribution is 0.0959. The Hall–Kier alpha value is -2.54. The summed E-state index contributed by atoms with van der Waals surface area (Å²) in [6.45, 7) is 0. The summed E-state index contributed by atoms with van der Waals surface area (Å²) in [7, 11) is 0. The van der Waals surface area contributed by atoms with Crippen molar-refractivity contribution in [1.29, 1.82) is 0 Å². The lowest BCUT2D eigenvalue weighted by Gasteiger charge is -2.03. The molecule has 0 aliphatic rings. The molecule has 19 heavy (non-hydrogen) atoms. The number of amides is 1. The zero-order valence-corrected chi connectivity index (χ0v) is 10.4. The van der Waals surface area contributed by atoms with E-state index in [1.807, 2.05) is 0 Å². The Balaban J connectivity index is 2.08. The van der Waals surface area contributed by atoms with Crippen molar-refractivity contribution in [3.63, 3.8) is 0 Å². The van der Waals surface area contributed by atoms with E-state index in [0.717, 1.165) is 0 Å². The van der Waals surface area contributed by atoms with E-state index in [0.29, 0.717) is 4.88 Å². The number of carbonyl (C=O) groups excluding carboxylic acids is 1. The third-order valence-electron chi connectivity index (χ3n) is 2.28. The number of nitrogens with one attached hydrogen (secondary N) is 1. The SMILES string of the molecule is O=C(NN=Cc1ccc(O)c(O)c1O)c1cccs1. The summed E-state index contributed by atoms with van der Waals surface area (Å²) in [5.41, 5.74) is 2.45. The Labute approximate surface area is 112 Å². The van der Waals surface area contributed by atoms with Crippen LogP contribution in [-0.4, -0.2) is 27.4 Å². The summed E-state index contributed by atoms with van der Waals surface area (Å²) in [4.78, 5) is 12.0. The Morgan fingerprint density at radius 2 is 2.00 bits per heavy atom. The average Bonchev–Trinajstić information content (AvgIpc) is 2.92. The minimum Gasteiger partial charge on any atom is -0.504 e. The Morgan fingerprint density at radius 3 is 2.68 bits per heavy atom. The van der Waals surface area contributed by atoms with Crippen LogP contribution in [0.5, 0.6) is 17.2 Å². The van der Waals surface area contributed by atoms with Crippen LogP contribution in [0.1, 0.15) is 15.2 Å². The molecule has 6 nitrogen and oxygen atoms in total. The maximum atomic E-state index is 11.5. The second kappa shape index (κ2) is 5.40. The van der Waals surface area contributed by atoms with Crippen LogP contribution in [0, 0.1) is 0 Å². The van der Waals surface area contributed by atoms with Crippen molar-refractivity contribution in [3.8, 4) is 17.2 Å². The Kier molecular flexibility index (Phi) is 3.67. The number of benzene rings is 1. The fourth-order valence-electron chi connectivity index (χ4n) is 1.31. The number of hydrazone groups is 1. The molecular formula is C12H10N2O4S. The molecule has 0 aliphatic carbocycles. The zero-order valence-electron chi connectivity index (χ0n) is 9.57. The van der Waals surface area contributed by atoms with Gasteiger partial charge in [-0.05, 0) is 23.6 Å². The largest absolute Gasteiger partial charge is 0.504 e. The number of carbonyl (C=O) groups is 1. The van der Waals surface area contributed by atoms with Gasteiger partial charge in [-0.25, -0.2) is 5.43 Å². The van der Waals surface area contributed by atoms with Crippen molar-refractivity contribution in [2.75, 3.05) is 0 Å². The van der Waals surface area contributed by atoms with Crippen LogP contribution in [0.2, 0.25) is 0 Å². The first-order chi connectivity index (χ1) is 9.09. The van der Waals surface area contributed by atoms with Gasteiger partial charge in [0.1, 0.15) is 0 Å². The van der Waals surface area contributed by atoms with Gasteiger partial charge in [0.05, 0.1) is 11.1 Å². The van der Waals surface area contributed by atoms with Crippen molar-refractivity contribution in [3.05, 3.63) is 40.1 Å². The van der Waals surface area contributed by atoms with Gasteiger partial charge in [0, 0.05) is 5.56 Å². The number of rotatable bonds is 3. The summed E-state index contributed by atoms with van der Waals surface area (Å²) in [5.74, 6) is -1.94. The highest BCUT2D eigenvalue weighted by atomic mass is 32.1. The van der Waals surface area contributed by atoms with Crippen LogP contribution in [-0.2, 0) is 0 Å². The van der Waals surface area contributed by atoms with Crippen molar-refractivity contribution >= 4 is 23.5 Å². The number of thiophene rings is 1. The van der Waals surface area contributed by atoms with Gasteiger partial charge < -0.3 is 15.3 Å².